The van der Waals surface area contributed by atoms with Gasteiger partial charge in [0.1, 0.15) is 17.6 Å². The summed E-state index contributed by atoms with van der Waals surface area (Å²) in [6.07, 6.45) is 5.95. The summed E-state index contributed by atoms with van der Waals surface area (Å²) in [5.74, 6) is 1.34. The zero-order chi connectivity index (χ0) is 22.9. The third-order valence-corrected chi connectivity index (χ3v) is 7.81. The molecular formula is C24H29N3O4S. The second-order valence-electron chi connectivity index (χ2n) is 8.77. The van der Waals surface area contributed by atoms with Gasteiger partial charge in [0, 0.05) is 37.5 Å². The van der Waals surface area contributed by atoms with Gasteiger partial charge < -0.3 is 19.7 Å². The Kier molecular flexibility index (Phi) is 5.95. The van der Waals surface area contributed by atoms with Gasteiger partial charge in [0.15, 0.2) is 9.84 Å². The van der Waals surface area contributed by atoms with Gasteiger partial charge in [-0.2, -0.15) is 5.26 Å². The highest BCUT2D eigenvalue weighted by Crippen LogP contribution is 2.54. The Morgan fingerprint density at radius 1 is 1.09 bits per heavy atom. The molecule has 1 N–H and O–H groups in total. The number of rotatable bonds is 7. The second kappa shape index (κ2) is 8.55. The summed E-state index contributed by atoms with van der Waals surface area (Å²) in [5, 5.41) is 13.3. The van der Waals surface area contributed by atoms with E-state index in [2.05, 4.69) is 16.3 Å². The van der Waals surface area contributed by atoms with Crippen LogP contribution in [0.25, 0.3) is 0 Å². The topological polar surface area (TPSA) is 91.7 Å². The number of ether oxygens (including phenoxy) is 2. The van der Waals surface area contributed by atoms with Crippen molar-refractivity contribution in [2.24, 2.45) is 5.41 Å². The molecule has 0 bridgehead atoms. The van der Waals surface area contributed by atoms with E-state index in [0.29, 0.717) is 40.4 Å². The van der Waals surface area contributed by atoms with Gasteiger partial charge in [0.25, 0.3) is 0 Å². The van der Waals surface area contributed by atoms with Crippen LogP contribution < -0.4 is 19.7 Å². The molecular weight excluding hydrogens is 426 g/mol. The zero-order valence-electron chi connectivity index (χ0n) is 18.8. The van der Waals surface area contributed by atoms with E-state index in [9.17, 15) is 13.7 Å². The highest BCUT2D eigenvalue weighted by atomic mass is 32.2. The lowest BCUT2D eigenvalue weighted by atomic mass is 9.93. The molecule has 1 heterocycles. The lowest BCUT2D eigenvalue weighted by Gasteiger charge is -2.35. The minimum absolute atomic E-state index is 0.211. The van der Waals surface area contributed by atoms with Crippen LogP contribution in [-0.4, -0.2) is 42.0 Å². The molecule has 2 aromatic rings. The molecule has 1 saturated carbocycles. The smallest absolute Gasteiger partial charge is 0.175 e. The van der Waals surface area contributed by atoms with E-state index < -0.39 is 9.84 Å². The van der Waals surface area contributed by atoms with Crippen LogP contribution in [0.3, 0.4) is 0 Å². The summed E-state index contributed by atoms with van der Waals surface area (Å²) >= 11 is 0. The van der Waals surface area contributed by atoms with Crippen molar-refractivity contribution in [3.05, 3.63) is 41.5 Å². The van der Waals surface area contributed by atoms with Crippen molar-refractivity contribution < 1.29 is 17.9 Å². The average molecular weight is 456 g/mol. The summed E-state index contributed by atoms with van der Waals surface area (Å²) in [5.41, 5.74) is 3.03. The summed E-state index contributed by atoms with van der Waals surface area (Å²) in [4.78, 5) is 2.37. The van der Waals surface area contributed by atoms with Gasteiger partial charge >= 0.3 is 0 Å². The van der Waals surface area contributed by atoms with Crippen molar-refractivity contribution in [1.29, 1.82) is 5.26 Å². The summed E-state index contributed by atoms with van der Waals surface area (Å²) in [7, 11) is -0.263. The Morgan fingerprint density at radius 2 is 1.81 bits per heavy atom. The van der Waals surface area contributed by atoms with Crippen LogP contribution in [0.2, 0.25) is 0 Å². The molecule has 4 rings (SSSR count). The molecule has 8 heteroatoms. The molecule has 0 unspecified atom stereocenters. The molecule has 0 radical (unpaired) electrons. The highest BCUT2D eigenvalue weighted by molar-refractivity contribution is 7.90. The summed E-state index contributed by atoms with van der Waals surface area (Å²) in [6.45, 7) is 2.05. The van der Waals surface area contributed by atoms with E-state index in [1.807, 2.05) is 12.1 Å². The van der Waals surface area contributed by atoms with Crippen molar-refractivity contribution in [1.82, 2.24) is 0 Å². The van der Waals surface area contributed by atoms with E-state index >= 15 is 0 Å². The first kappa shape index (κ1) is 22.3. The van der Waals surface area contributed by atoms with Crippen LogP contribution in [0.5, 0.6) is 11.5 Å². The number of nitriles is 1. The van der Waals surface area contributed by atoms with Gasteiger partial charge in [-0.3, -0.25) is 0 Å². The molecule has 7 nitrogen and oxygen atoms in total. The molecule has 32 heavy (non-hydrogen) atoms. The van der Waals surface area contributed by atoms with Crippen LogP contribution in [0.4, 0.5) is 11.4 Å². The molecule has 2 aromatic carbocycles. The number of hydrogen-bond donors (Lipinski definition) is 1. The van der Waals surface area contributed by atoms with Crippen molar-refractivity contribution in [2.45, 2.75) is 37.1 Å². The predicted octanol–water partition coefficient (Wildman–Crippen LogP) is 3.97. The molecule has 0 amide bonds. The Morgan fingerprint density at radius 3 is 2.38 bits per heavy atom. The molecule has 170 valence electrons. The molecule has 1 aliphatic heterocycles. The Bertz CT molecular complexity index is 1160. The first-order chi connectivity index (χ1) is 15.3. The largest absolute Gasteiger partial charge is 0.497 e. The maximum absolute atomic E-state index is 12.4. The zero-order valence-corrected chi connectivity index (χ0v) is 19.6. The Hall–Kier alpha value is -2.92. The Balaban J connectivity index is 1.67. The summed E-state index contributed by atoms with van der Waals surface area (Å²) in [6, 6.07) is 11.0. The van der Waals surface area contributed by atoms with Crippen LogP contribution in [-0.2, 0) is 16.4 Å². The van der Waals surface area contributed by atoms with E-state index in [1.165, 1.54) is 19.1 Å². The normalized spacial score (nSPS) is 17.0. The first-order valence-corrected chi connectivity index (χ1v) is 12.7. The number of nitrogens with one attached hydrogen (secondary N) is 1. The number of anilines is 2. The molecule has 1 aliphatic carbocycles. The van der Waals surface area contributed by atoms with Gasteiger partial charge in [-0.05, 0) is 55.4 Å². The number of nitrogens with zero attached hydrogens (tertiary/aromatic N) is 2. The number of benzene rings is 2. The standard InChI is InChI=1S/C24H29N3O4S/c1-30-18-5-4-17(23(12-18)31-2)16-26-21-13-19(32(3,28)29)14-22(20(21)15-25)27-10-8-24(6-7-24)9-11-27/h4-5,12-14,26H,6-11,16H2,1-3H3. The monoisotopic (exact) mass is 455 g/mol. The lowest BCUT2D eigenvalue weighted by Crippen LogP contribution is -2.35. The van der Waals surface area contributed by atoms with Gasteiger partial charge in [0.05, 0.1) is 36.1 Å². The molecule has 1 saturated heterocycles. The average Bonchev–Trinajstić information content (AvgIpc) is 3.55. The molecule has 2 aliphatic rings. The van der Waals surface area contributed by atoms with Crippen LogP contribution in [0.1, 0.15) is 36.8 Å². The van der Waals surface area contributed by atoms with E-state index in [1.54, 1.807) is 32.4 Å². The maximum atomic E-state index is 12.4. The predicted molar refractivity (Wildman–Crippen MR) is 124 cm³/mol. The Labute approximate surface area is 189 Å². The fourth-order valence-corrected chi connectivity index (χ4v) is 5.07. The quantitative estimate of drug-likeness (QED) is 0.675. The third kappa shape index (κ3) is 4.49. The number of sulfone groups is 1. The molecule has 0 atom stereocenters. The second-order valence-corrected chi connectivity index (χ2v) is 10.8. The number of methoxy groups -OCH3 is 2. The van der Waals surface area contributed by atoms with E-state index in [4.69, 9.17) is 9.47 Å². The number of hydrogen-bond acceptors (Lipinski definition) is 7. The molecule has 2 fully saturated rings. The van der Waals surface area contributed by atoms with Gasteiger partial charge in [-0.15, -0.1) is 0 Å². The van der Waals surface area contributed by atoms with Crippen molar-refractivity contribution in [3.8, 4) is 17.6 Å². The fraction of sp³-hybridized carbons (Fsp3) is 0.458. The highest BCUT2D eigenvalue weighted by Gasteiger charge is 2.44. The van der Waals surface area contributed by atoms with Crippen LogP contribution >= 0.6 is 0 Å². The minimum Gasteiger partial charge on any atom is -0.497 e. The van der Waals surface area contributed by atoms with Gasteiger partial charge in [0.2, 0.25) is 0 Å². The van der Waals surface area contributed by atoms with Crippen LogP contribution in [0, 0.1) is 16.7 Å². The number of piperidine rings is 1. The van der Waals surface area contributed by atoms with Gasteiger partial charge in [-0.25, -0.2) is 8.42 Å². The van der Waals surface area contributed by atoms with Crippen molar-refractivity contribution in [2.75, 3.05) is 43.8 Å². The lowest BCUT2D eigenvalue weighted by molar-refractivity contribution is 0.384. The third-order valence-electron chi connectivity index (χ3n) is 6.72. The minimum atomic E-state index is -3.44. The molecule has 1 spiro atoms. The van der Waals surface area contributed by atoms with Crippen molar-refractivity contribution >= 4 is 21.2 Å². The van der Waals surface area contributed by atoms with E-state index in [0.717, 1.165) is 31.5 Å². The fourth-order valence-electron chi connectivity index (χ4n) is 4.41. The SMILES string of the molecule is COc1ccc(CNc2cc(S(C)(=O)=O)cc(N3CCC4(CC3)CC4)c2C#N)c(OC)c1. The maximum Gasteiger partial charge on any atom is 0.175 e. The van der Waals surface area contributed by atoms with Crippen LogP contribution in [0.15, 0.2) is 35.2 Å². The summed E-state index contributed by atoms with van der Waals surface area (Å²) < 4.78 is 35.5. The van der Waals surface area contributed by atoms with Crippen molar-refractivity contribution in [3.63, 3.8) is 0 Å². The molecule has 0 aromatic heterocycles. The first-order valence-electron chi connectivity index (χ1n) is 10.8. The van der Waals surface area contributed by atoms with Gasteiger partial charge in [-0.1, -0.05) is 0 Å². The van der Waals surface area contributed by atoms with E-state index in [-0.39, 0.29) is 4.90 Å².